The Kier molecular flexibility index (Phi) is 4.06. The maximum Gasteiger partial charge on any atom is 0.274 e. The zero-order chi connectivity index (χ0) is 20.1. The smallest absolute Gasteiger partial charge is 0.274 e. The van der Waals surface area contributed by atoms with E-state index in [1.54, 1.807) is 10.7 Å². The van der Waals surface area contributed by atoms with E-state index in [0.717, 1.165) is 30.9 Å². The number of hydrogen-bond acceptors (Lipinski definition) is 4. The minimum Gasteiger partial charge on any atom is -0.334 e. The first-order chi connectivity index (χ1) is 14.8. The topological polar surface area (TPSA) is 53.7 Å². The number of carbonyl (C=O) groups is 1. The minimum absolute atomic E-state index is 0.0107. The summed E-state index contributed by atoms with van der Waals surface area (Å²) in [6.45, 7) is 3.70. The van der Waals surface area contributed by atoms with Crippen LogP contribution in [-0.4, -0.2) is 62.5 Å². The summed E-state index contributed by atoms with van der Waals surface area (Å²) in [6, 6.07) is 19.0. The van der Waals surface area contributed by atoms with Gasteiger partial charge < -0.3 is 4.90 Å². The number of nitrogens with zero attached hydrogens (tertiary/aromatic N) is 5. The van der Waals surface area contributed by atoms with Crippen LogP contribution in [0.4, 0.5) is 0 Å². The van der Waals surface area contributed by atoms with Crippen molar-refractivity contribution >= 4 is 22.3 Å². The van der Waals surface area contributed by atoms with Crippen molar-refractivity contribution in [2.45, 2.75) is 18.9 Å². The van der Waals surface area contributed by atoms with Crippen LogP contribution in [0.3, 0.4) is 0 Å². The summed E-state index contributed by atoms with van der Waals surface area (Å²) >= 11 is 0. The number of aromatic nitrogens is 3. The molecule has 2 aromatic heterocycles. The molecular formula is C24H23N5O. The van der Waals surface area contributed by atoms with Crippen LogP contribution in [-0.2, 0) is 0 Å². The van der Waals surface area contributed by atoms with Crippen molar-refractivity contribution in [1.82, 2.24) is 24.4 Å². The minimum atomic E-state index is 0.0107. The van der Waals surface area contributed by atoms with Gasteiger partial charge in [0.15, 0.2) is 11.3 Å². The predicted molar refractivity (Wildman–Crippen MR) is 116 cm³/mol. The third-order valence-corrected chi connectivity index (χ3v) is 6.50. The van der Waals surface area contributed by atoms with Crippen LogP contribution in [0, 0.1) is 0 Å². The number of carbonyl (C=O) groups excluding carboxylic acids is 1. The molecule has 1 amide bonds. The van der Waals surface area contributed by atoms with Crippen molar-refractivity contribution in [3.05, 3.63) is 66.5 Å². The highest BCUT2D eigenvalue weighted by Gasteiger charge is 2.33. The molecule has 0 aliphatic carbocycles. The fourth-order valence-electron chi connectivity index (χ4n) is 4.90. The van der Waals surface area contributed by atoms with Crippen LogP contribution >= 0.6 is 0 Å². The molecule has 6 heteroatoms. The number of piperazine rings is 1. The van der Waals surface area contributed by atoms with Crippen molar-refractivity contribution in [2.24, 2.45) is 0 Å². The number of fused-ring (bicyclic) bond motifs is 3. The third-order valence-electron chi connectivity index (χ3n) is 6.50. The van der Waals surface area contributed by atoms with Gasteiger partial charge in [0.2, 0.25) is 0 Å². The molecule has 0 saturated carbocycles. The molecular weight excluding hydrogens is 374 g/mol. The molecule has 0 spiro atoms. The highest BCUT2D eigenvalue weighted by Crippen LogP contribution is 2.26. The average molecular weight is 397 g/mol. The molecule has 0 N–H and O–H groups in total. The van der Waals surface area contributed by atoms with Gasteiger partial charge >= 0.3 is 0 Å². The predicted octanol–water partition coefficient (Wildman–Crippen LogP) is 3.47. The second-order valence-electron chi connectivity index (χ2n) is 8.27. The molecule has 4 aromatic rings. The molecule has 1 atom stereocenters. The van der Waals surface area contributed by atoms with Gasteiger partial charge in [0, 0.05) is 43.5 Å². The van der Waals surface area contributed by atoms with Gasteiger partial charge in [-0.1, -0.05) is 36.4 Å². The third kappa shape index (κ3) is 2.87. The van der Waals surface area contributed by atoms with Crippen LogP contribution in [0.5, 0.6) is 0 Å². The van der Waals surface area contributed by atoms with Crippen LogP contribution in [0.2, 0.25) is 0 Å². The Morgan fingerprint density at radius 1 is 0.967 bits per heavy atom. The normalized spacial score (nSPS) is 19.5. The second kappa shape index (κ2) is 6.92. The number of rotatable bonds is 2. The summed E-state index contributed by atoms with van der Waals surface area (Å²) in [5, 5.41) is 7.06. The molecule has 150 valence electrons. The van der Waals surface area contributed by atoms with Crippen molar-refractivity contribution in [3.63, 3.8) is 0 Å². The summed E-state index contributed by atoms with van der Waals surface area (Å²) in [4.78, 5) is 22.1. The Labute approximate surface area is 174 Å². The molecule has 2 aliphatic heterocycles. The first kappa shape index (κ1) is 17.6. The van der Waals surface area contributed by atoms with Crippen molar-refractivity contribution in [1.29, 1.82) is 0 Å². The Balaban J connectivity index is 1.36. The fourth-order valence-corrected chi connectivity index (χ4v) is 4.90. The Hall–Kier alpha value is -3.25. The average Bonchev–Trinajstić information content (AvgIpc) is 3.44. The van der Waals surface area contributed by atoms with Gasteiger partial charge in [0.05, 0.1) is 5.69 Å². The zero-order valence-corrected chi connectivity index (χ0v) is 16.7. The number of amides is 1. The second-order valence-corrected chi connectivity index (χ2v) is 8.27. The van der Waals surface area contributed by atoms with Crippen molar-refractivity contribution in [3.8, 4) is 11.3 Å². The summed E-state index contributed by atoms with van der Waals surface area (Å²) in [5.41, 5.74) is 3.17. The lowest BCUT2D eigenvalue weighted by atomic mass is 10.1. The summed E-state index contributed by atoms with van der Waals surface area (Å²) in [7, 11) is 0. The van der Waals surface area contributed by atoms with E-state index in [1.165, 1.54) is 30.2 Å². The lowest BCUT2D eigenvalue weighted by molar-refractivity contribution is 0.0565. The molecule has 2 aromatic carbocycles. The lowest BCUT2D eigenvalue weighted by Gasteiger charge is -2.37. The molecule has 0 bridgehead atoms. The van der Waals surface area contributed by atoms with E-state index in [-0.39, 0.29) is 5.91 Å². The molecule has 6 rings (SSSR count). The highest BCUT2D eigenvalue weighted by molar-refractivity contribution is 5.94. The van der Waals surface area contributed by atoms with Crippen molar-refractivity contribution in [2.75, 3.05) is 26.2 Å². The van der Waals surface area contributed by atoms with Crippen LogP contribution < -0.4 is 0 Å². The van der Waals surface area contributed by atoms with E-state index in [1.807, 2.05) is 29.2 Å². The van der Waals surface area contributed by atoms with E-state index in [9.17, 15) is 4.79 Å². The SMILES string of the molecule is O=C(c1cc2nccc(-c3ccc4ccccc4c3)n2n1)N1CCN2CCC[C@@H]2C1. The summed E-state index contributed by atoms with van der Waals surface area (Å²) < 4.78 is 1.79. The van der Waals surface area contributed by atoms with Gasteiger partial charge in [0.25, 0.3) is 5.91 Å². The first-order valence-electron chi connectivity index (χ1n) is 10.6. The molecule has 6 nitrogen and oxygen atoms in total. The van der Waals surface area contributed by atoms with Crippen LogP contribution in [0.15, 0.2) is 60.8 Å². The molecule has 2 aliphatic rings. The molecule has 2 saturated heterocycles. The van der Waals surface area contributed by atoms with Gasteiger partial charge in [-0.15, -0.1) is 0 Å². The maximum atomic E-state index is 13.2. The number of benzene rings is 2. The lowest BCUT2D eigenvalue weighted by Crippen LogP contribution is -2.52. The Morgan fingerprint density at radius 3 is 2.80 bits per heavy atom. The largest absolute Gasteiger partial charge is 0.334 e. The fraction of sp³-hybridized carbons (Fsp3) is 0.292. The van der Waals surface area contributed by atoms with Gasteiger partial charge in [-0.25, -0.2) is 9.50 Å². The van der Waals surface area contributed by atoms with Gasteiger partial charge in [-0.05, 0) is 42.3 Å². The van der Waals surface area contributed by atoms with E-state index in [2.05, 4.69) is 45.3 Å². The molecule has 2 fully saturated rings. The molecule has 0 radical (unpaired) electrons. The van der Waals surface area contributed by atoms with Crippen LogP contribution in [0.25, 0.3) is 27.7 Å². The monoisotopic (exact) mass is 397 g/mol. The highest BCUT2D eigenvalue weighted by atomic mass is 16.2. The van der Waals surface area contributed by atoms with E-state index in [0.29, 0.717) is 17.4 Å². The van der Waals surface area contributed by atoms with Crippen LogP contribution in [0.1, 0.15) is 23.3 Å². The summed E-state index contributed by atoms with van der Waals surface area (Å²) in [5.74, 6) is 0.0107. The molecule has 30 heavy (non-hydrogen) atoms. The van der Waals surface area contributed by atoms with Gasteiger partial charge in [-0.3, -0.25) is 9.69 Å². The van der Waals surface area contributed by atoms with Crippen molar-refractivity contribution < 1.29 is 4.79 Å². The van der Waals surface area contributed by atoms with E-state index in [4.69, 9.17) is 0 Å². The standard InChI is InChI=1S/C24H23N5O/c30-24(28-13-12-27-11-3-6-20(27)16-28)21-15-23-25-10-9-22(29(23)26-21)19-8-7-17-4-1-2-5-18(17)14-19/h1-2,4-5,7-10,14-15,20H,3,6,11-13,16H2/t20-/m1/s1. The summed E-state index contributed by atoms with van der Waals surface area (Å²) in [6.07, 6.45) is 4.20. The van der Waals surface area contributed by atoms with Gasteiger partial charge in [-0.2, -0.15) is 5.10 Å². The Bertz CT molecular complexity index is 1260. The van der Waals surface area contributed by atoms with E-state index >= 15 is 0 Å². The molecule has 0 unspecified atom stereocenters. The maximum absolute atomic E-state index is 13.2. The van der Waals surface area contributed by atoms with Gasteiger partial charge in [0.1, 0.15) is 0 Å². The Morgan fingerprint density at radius 2 is 1.87 bits per heavy atom. The van der Waals surface area contributed by atoms with E-state index < -0.39 is 0 Å². The first-order valence-corrected chi connectivity index (χ1v) is 10.6. The zero-order valence-electron chi connectivity index (χ0n) is 16.7. The number of hydrogen-bond donors (Lipinski definition) is 0. The quantitative estimate of drug-likeness (QED) is 0.520. The molecule has 4 heterocycles.